The lowest BCUT2D eigenvalue weighted by Crippen LogP contribution is -2.49. The second kappa shape index (κ2) is 5.67. The molecule has 0 atom stereocenters. The number of piperazine rings is 1. The molecular weight excluding hydrogens is 226 g/mol. The Labute approximate surface area is 109 Å². The summed E-state index contributed by atoms with van der Waals surface area (Å²) in [6, 6.07) is 4.62. The zero-order valence-electron chi connectivity index (χ0n) is 11.6. The van der Waals surface area contributed by atoms with Gasteiger partial charge in [-0.2, -0.15) is 0 Å². The van der Waals surface area contributed by atoms with E-state index in [1.807, 2.05) is 19.1 Å². The molecule has 100 valence electrons. The first kappa shape index (κ1) is 13.3. The predicted molar refractivity (Wildman–Crippen MR) is 73.8 cm³/mol. The van der Waals surface area contributed by atoms with E-state index in [2.05, 4.69) is 28.6 Å². The Balaban J connectivity index is 2.03. The minimum atomic E-state index is 0.0697. The van der Waals surface area contributed by atoms with E-state index in [1.54, 1.807) is 0 Å². The normalized spacial score (nSPS) is 17.5. The van der Waals surface area contributed by atoms with Crippen molar-refractivity contribution in [1.82, 2.24) is 9.88 Å². The van der Waals surface area contributed by atoms with Crippen LogP contribution in [0.1, 0.15) is 25.1 Å². The molecule has 0 saturated carbocycles. The van der Waals surface area contributed by atoms with Gasteiger partial charge in [-0.05, 0) is 32.4 Å². The molecule has 1 aromatic rings. The van der Waals surface area contributed by atoms with Gasteiger partial charge < -0.3 is 10.0 Å². The number of aromatic nitrogens is 1. The van der Waals surface area contributed by atoms with Crippen LogP contribution in [0.15, 0.2) is 12.1 Å². The van der Waals surface area contributed by atoms with Crippen LogP contribution in [0.25, 0.3) is 0 Å². The summed E-state index contributed by atoms with van der Waals surface area (Å²) in [7, 11) is 0. The van der Waals surface area contributed by atoms with Gasteiger partial charge in [-0.25, -0.2) is 4.98 Å². The number of aliphatic hydroxyl groups excluding tert-OH is 1. The molecule has 1 N–H and O–H groups in total. The van der Waals surface area contributed by atoms with Crippen molar-refractivity contribution in [3.8, 4) is 0 Å². The quantitative estimate of drug-likeness (QED) is 0.879. The molecule has 1 saturated heterocycles. The molecular formula is C14H23N3O. The van der Waals surface area contributed by atoms with E-state index < -0.39 is 0 Å². The first-order valence-corrected chi connectivity index (χ1v) is 6.68. The van der Waals surface area contributed by atoms with Gasteiger partial charge in [-0.3, -0.25) is 4.90 Å². The number of hydrogen-bond acceptors (Lipinski definition) is 4. The average Bonchev–Trinajstić information content (AvgIpc) is 2.38. The molecule has 2 heterocycles. The highest BCUT2D eigenvalue weighted by molar-refractivity contribution is 5.42. The first-order chi connectivity index (χ1) is 8.61. The Bertz CT molecular complexity index is 398. The van der Waals surface area contributed by atoms with E-state index in [0.717, 1.165) is 43.3 Å². The summed E-state index contributed by atoms with van der Waals surface area (Å²) in [5, 5.41) is 9.16. The molecule has 0 bridgehead atoms. The van der Waals surface area contributed by atoms with E-state index in [-0.39, 0.29) is 6.61 Å². The number of aryl methyl sites for hydroxylation is 1. The molecule has 4 heteroatoms. The highest BCUT2D eigenvalue weighted by Gasteiger charge is 2.19. The lowest BCUT2D eigenvalue weighted by molar-refractivity contribution is 0.209. The van der Waals surface area contributed by atoms with Gasteiger partial charge in [0.05, 0.1) is 6.61 Å². The van der Waals surface area contributed by atoms with Crippen molar-refractivity contribution in [1.29, 1.82) is 0 Å². The number of anilines is 1. The molecule has 2 rings (SSSR count). The van der Waals surface area contributed by atoms with Gasteiger partial charge in [0, 0.05) is 37.9 Å². The summed E-state index contributed by atoms with van der Waals surface area (Å²) < 4.78 is 0. The molecule has 1 fully saturated rings. The monoisotopic (exact) mass is 249 g/mol. The van der Waals surface area contributed by atoms with Crippen molar-refractivity contribution in [3.05, 3.63) is 23.4 Å². The van der Waals surface area contributed by atoms with Gasteiger partial charge in [-0.1, -0.05) is 6.07 Å². The van der Waals surface area contributed by atoms with Crippen molar-refractivity contribution in [2.24, 2.45) is 0 Å². The van der Waals surface area contributed by atoms with E-state index in [9.17, 15) is 0 Å². The van der Waals surface area contributed by atoms with Crippen LogP contribution in [0.2, 0.25) is 0 Å². The van der Waals surface area contributed by atoms with Crippen molar-refractivity contribution >= 4 is 5.82 Å². The Morgan fingerprint density at radius 1 is 1.22 bits per heavy atom. The van der Waals surface area contributed by atoms with Crippen molar-refractivity contribution in [3.63, 3.8) is 0 Å². The van der Waals surface area contributed by atoms with Gasteiger partial charge in [-0.15, -0.1) is 0 Å². The number of pyridine rings is 1. The smallest absolute Gasteiger partial charge is 0.128 e. The molecule has 0 radical (unpaired) electrons. The van der Waals surface area contributed by atoms with Crippen molar-refractivity contribution in [2.45, 2.75) is 33.4 Å². The van der Waals surface area contributed by atoms with Crippen LogP contribution in [0.4, 0.5) is 5.82 Å². The summed E-state index contributed by atoms with van der Waals surface area (Å²) in [4.78, 5) is 9.40. The third kappa shape index (κ3) is 2.82. The number of hydrogen-bond donors (Lipinski definition) is 1. The van der Waals surface area contributed by atoms with E-state index >= 15 is 0 Å². The van der Waals surface area contributed by atoms with E-state index in [0.29, 0.717) is 6.04 Å². The average molecular weight is 249 g/mol. The minimum absolute atomic E-state index is 0.0697. The molecule has 0 unspecified atom stereocenters. The number of aliphatic hydroxyl groups is 1. The maximum Gasteiger partial charge on any atom is 0.128 e. The molecule has 1 aliphatic heterocycles. The molecule has 0 amide bonds. The van der Waals surface area contributed by atoms with Crippen LogP contribution in [-0.4, -0.2) is 47.2 Å². The van der Waals surface area contributed by atoms with Gasteiger partial charge in [0.25, 0.3) is 0 Å². The van der Waals surface area contributed by atoms with Crippen LogP contribution < -0.4 is 4.90 Å². The second-order valence-electron chi connectivity index (χ2n) is 5.19. The highest BCUT2D eigenvalue weighted by Crippen LogP contribution is 2.17. The van der Waals surface area contributed by atoms with Crippen molar-refractivity contribution in [2.75, 3.05) is 31.1 Å². The molecule has 1 aliphatic rings. The van der Waals surface area contributed by atoms with Crippen LogP contribution in [0.3, 0.4) is 0 Å². The largest absolute Gasteiger partial charge is 0.392 e. The zero-order valence-corrected chi connectivity index (χ0v) is 11.6. The fourth-order valence-corrected chi connectivity index (χ4v) is 2.39. The maximum absolute atomic E-state index is 9.16. The summed E-state index contributed by atoms with van der Waals surface area (Å²) in [6.45, 7) is 10.8. The summed E-state index contributed by atoms with van der Waals surface area (Å²) >= 11 is 0. The Hall–Kier alpha value is -1.13. The predicted octanol–water partition coefficient (Wildman–Crippen LogP) is 1.41. The lowest BCUT2D eigenvalue weighted by atomic mass is 10.2. The van der Waals surface area contributed by atoms with Crippen LogP contribution in [-0.2, 0) is 6.61 Å². The van der Waals surface area contributed by atoms with Crippen LogP contribution in [0, 0.1) is 6.92 Å². The van der Waals surface area contributed by atoms with Crippen molar-refractivity contribution < 1.29 is 5.11 Å². The molecule has 18 heavy (non-hydrogen) atoms. The topological polar surface area (TPSA) is 39.6 Å². The minimum Gasteiger partial charge on any atom is -0.392 e. The molecule has 1 aromatic heterocycles. The lowest BCUT2D eigenvalue weighted by Gasteiger charge is -2.37. The molecule has 0 aliphatic carbocycles. The Kier molecular flexibility index (Phi) is 4.19. The standard InChI is InChI=1S/C14H23N3O/c1-11(2)16-6-8-17(9-7-16)14-5-4-13(10-18)12(3)15-14/h4-5,11,18H,6-10H2,1-3H3. The number of rotatable bonds is 3. The Morgan fingerprint density at radius 3 is 2.39 bits per heavy atom. The van der Waals surface area contributed by atoms with Gasteiger partial charge >= 0.3 is 0 Å². The first-order valence-electron chi connectivity index (χ1n) is 6.68. The third-order valence-corrected chi connectivity index (χ3v) is 3.72. The molecule has 4 nitrogen and oxygen atoms in total. The molecule has 0 spiro atoms. The van der Waals surface area contributed by atoms with Crippen LogP contribution in [0.5, 0.6) is 0 Å². The fourth-order valence-electron chi connectivity index (χ4n) is 2.39. The maximum atomic E-state index is 9.16. The second-order valence-corrected chi connectivity index (χ2v) is 5.19. The summed E-state index contributed by atoms with van der Waals surface area (Å²) in [5.74, 6) is 1.04. The van der Waals surface area contributed by atoms with E-state index in [1.165, 1.54) is 0 Å². The third-order valence-electron chi connectivity index (χ3n) is 3.72. The highest BCUT2D eigenvalue weighted by atomic mass is 16.3. The van der Waals surface area contributed by atoms with Crippen LogP contribution >= 0.6 is 0 Å². The SMILES string of the molecule is Cc1nc(N2CCN(C(C)C)CC2)ccc1CO. The van der Waals surface area contributed by atoms with Gasteiger partial charge in [0.2, 0.25) is 0 Å². The number of nitrogens with zero attached hydrogens (tertiary/aromatic N) is 3. The van der Waals surface area contributed by atoms with E-state index in [4.69, 9.17) is 5.11 Å². The van der Waals surface area contributed by atoms with Gasteiger partial charge in [0.1, 0.15) is 5.82 Å². The summed E-state index contributed by atoms with van der Waals surface area (Å²) in [5.41, 5.74) is 1.85. The zero-order chi connectivity index (χ0) is 13.1. The summed E-state index contributed by atoms with van der Waals surface area (Å²) in [6.07, 6.45) is 0. The Morgan fingerprint density at radius 2 is 1.89 bits per heavy atom. The fraction of sp³-hybridized carbons (Fsp3) is 0.643. The van der Waals surface area contributed by atoms with Gasteiger partial charge in [0.15, 0.2) is 0 Å². The molecule has 0 aromatic carbocycles.